The number of rotatable bonds is 10. The van der Waals surface area contributed by atoms with Gasteiger partial charge in [-0.2, -0.15) is 17.6 Å². The van der Waals surface area contributed by atoms with Gasteiger partial charge in [-0.25, -0.2) is 9.38 Å². The first-order valence-electron chi connectivity index (χ1n) is 11.9. The summed E-state index contributed by atoms with van der Waals surface area (Å²) in [6.07, 6.45) is -5.99. The van der Waals surface area contributed by atoms with Crippen molar-refractivity contribution in [1.29, 1.82) is 0 Å². The number of hydrogen-bond acceptors (Lipinski definition) is 5. The number of hydrogen-bond donors (Lipinski definition) is 1. The molecule has 0 amide bonds. The first-order valence-corrected chi connectivity index (χ1v) is 12.3. The highest BCUT2D eigenvalue weighted by Gasteiger charge is 2.45. The number of alkyl halides is 4. The van der Waals surface area contributed by atoms with Gasteiger partial charge in [-0.1, -0.05) is 55.3 Å². The third-order valence-corrected chi connectivity index (χ3v) is 6.22. The summed E-state index contributed by atoms with van der Waals surface area (Å²) in [4.78, 5) is 8.89. The molecule has 0 unspecified atom stereocenters. The molecule has 0 radical (unpaired) electrons. The lowest BCUT2D eigenvalue weighted by Gasteiger charge is -2.36. The van der Waals surface area contributed by atoms with Crippen LogP contribution < -0.4 is 10.1 Å². The molecular formula is C27H25ClF5N3O2. The quantitative estimate of drug-likeness (QED) is 0.282. The molecule has 3 aromatic rings. The average Bonchev–Trinajstić information content (AvgIpc) is 3.31. The van der Waals surface area contributed by atoms with Crippen molar-refractivity contribution in [3.63, 3.8) is 0 Å². The third-order valence-electron chi connectivity index (χ3n) is 6.00. The van der Waals surface area contributed by atoms with Crippen molar-refractivity contribution in [3.8, 4) is 5.75 Å². The molecule has 2 aromatic carbocycles. The van der Waals surface area contributed by atoms with Crippen molar-refractivity contribution < 1.29 is 31.4 Å². The highest BCUT2D eigenvalue weighted by atomic mass is 35.5. The van der Waals surface area contributed by atoms with Crippen molar-refractivity contribution in [2.45, 2.75) is 50.4 Å². The molecule has 4 rings (SSSR count). The molecule has 202 valence electrons. The molecule has 1 N–H and O–H groups in total. The summed E-state index contributed by atoms with van der Waals surface area (Å²) in [5, 5.41) is 3.56. The lowest BCUT2D eigenvalue weighted by Crippen LogP contribution is -2.49. The number of aliphatic imine (C=N–C) groups is 1. The molecule has 1 aromatic heterocycles. The van der Waals surface area contributed by atoms with E-state index in [1.165, 1.54) is 6.20 Å². The molecule has 0 spiro atoms. The number of benzene rings is 2. The van der Waals surface area contributed by atoms with E-state index in [9.17, 15) is 22.0 Å². The van der Waals surface area contributed by atoms with Gasteiger partial charge in [-0.3, -0.25) is 4.98 Å². The SMILES string of the molecule is CCC[C@H]1CN=C(N[C@@](Cc2ccccc2)(c2cc(F)cc(OC(F)(F)C(F)F)c2)c2ccc(Cl)cn2)O1. The minimum absolute atomic E-state index is 0.0708. The molecule has 0 aliphatic carbocycles. The van der Waals surface area contributed by atoms with Crippen LogP contribution in [0.15, 0.2) is 71.9 Å². The van der Waals surface area contributed by atoms with E-state index >= 15 is 0 Å². The number of nitrogens with zero attached hydrogens (tertiary/aromatic N) is 2. The van der Waals surface area contributed by atoms with Gasteiger partial charge >= 0.3 is 12.5 Å². The highest BCUT2D eigenvalue weighted by Crippen LogP contribution is 2.37. The number of amidine groups is 1. The van der Waals surface area contributed by atoms with Gasteiger partial charge in [0.1, 0.15) is 23.2 Å². The maximum absolute atomic E-state index is 14.9. The Bertz CT molecular complexity index is 1260. The highest BCUT2D eigenvalue weighted by molar-refractivity contribution is 6.30. The molecule has 2 atom stereocenters. The van der Waals surface area contributed by atoms with Gasteiger partial charge in [-0.05, 0) is 41.8 Å². The third kappa shape index (κ3) is 6.35. The monoisotopic (exact) mass is 553 g/mol. The summed E-state index contributed by atoms with van der Waals surface area (Å²) in [6, 6.07) is 15.2. The van der Waals surface area contributed by atoms with Crippen molar-refractivity contribution in [2.24, 2.45) is 4.99 Å². The number of aromatic nitrogens is 1. The van der Waals surface area contributed by atoms with Gasteiger partial charge < -0.3 is 14.8 Å². The second kappa shape index (κ2) is 11.6. The smallest absolute Gasteiger partial charge is 0.460 e. The van der Waals surface area contributed by atoms with Gasteiger partial charge in [-0.15, -0.1) is 0 Å². The van der Waals surface area contributed by atoms with E-state index in [4.69, 9.17) is 16.3 Å². The molecule has 11 heteroatoms. The first-order chi connectivity index (χ1) is 18.1. The van der Waals surface area contributed by atoms with Gasteiger partial charge in [0.25, 0.3) is 6.02 Å². The Morgan fingerprint density at radius 1 is 1.13 bits per heavy atom. The van der Waals surface area contributed by atoms with Gasteiger partial charge in [0.05, 0.1) is 17.3 Å². The van der Waals surface area contributed by atoms with Gasteiger partial charge in [0.2, 0.25) is 0 Å². The predicted molar refractivity (Wildman–Crippen MR) is 133 cm³/mol. The van der Waals surface area contributed by atoms with Crippen LogP contribution >= 0.6 is 11.6 Å². The van der Waals surface area contributed by atoms with Gasteiger partial charge in [0.15, 0.2) is 0 Å². The summed E-state index contributed by atoms with van der Waals surface area (Å²) >= 11 is 6.08. The van der Waals surface area contributed by atoms with Crippen LogP contribution in [0.2, 0.25) is 5.02 Å². The van der Waals surface area contributed by atoms with Crippen LogP contribution in [0.5, 0.6) is 5.75 Å². The second-order valence-corrected chi connectivity index (χ2v) is 9.31. The Morgan fingerprint density at radius 3 is 2.55 bits per heavy atom. The minimum atomic E-state index is -4.83. The maximum atomic E-state index is 14.9. The first kappa shape index (κ1) is 27.6. The Labute approximate surface area is 221 Å². The second-order valence-electron chi connectivity index (χ2n) is 8.87. The van der Waals surface area contributed by atoms with E-state index in [0.717, 1.165) is 30.5 Å². The molecule has 1 aliphatic heterocycles. The van der Waals surface area contributed by atoms with E-state index < -0.39 is 29.6 Å². The average molecular weight is 554 g/mol. The van der Waals surface area contributed by atoms with Gasteiger partial charge in [0, 0.05) is 18.7 Å². The van der Waals surface area contributed by atoms with Crippen LogP contribution in [0.3, 0.4) is 0 Å². The van der Waals surface area contributed by atoms with Crippen LogP contribution in [0, 0.1) is 5.82 Å². The number of nitrogens with one attached hydrogen (secondary N) is 1. The largest absolute Gasteiger partial charge is 0.461 e. The molecular weight excluding hydrogens is 529 g/mol. The van der Waals surface area contributed by atoms with E-state index in [2.05, 4.69) is 20.0 Å². The van der Waals surface area contributed by atoms with E-state index in [1.54, 1.807) is 24.3 Å². The summed E-state index contributed by atoms with van der Waals surface area (Å²) in [6.45, 7) is 2.40. The molecule has 1 aliphatic rings. The van der Waals surface area contributed by atoms with Crippen LogP contribution in [-0.4, -0.2) is 36.2 Å². The number of halogens is 6. The van der Waals surface area contributed by atoms with Crippen LogP contribution in [0.4, 0.5) is 22.0 Å². The maximum Gasteiger partial charge on any atom is 0.461 e. The zero-order valence-corrected chi connectivity index (χ0v) is 21.1. The van der Waals surface area contributed by atoms with Crippen LogP contribution in [0.1, 0.15) is 36.6 Å². The lowest BCUT2D eigenvalue weighted by molar-refractivity contribution is -0.253. The minimum Gasteiger partial charge on any atom is -0.460 e. The molecule has 5 nitrogen and oxygen atoms in total. The molecule has 0 bridgehead atoms. The van der Waals surface area contributed by atoms with E-state index in [1.807, 2.05) is 25.1 Å². The number of ether oxygens (including phenoxy) is 2. The molecule has 0 saturated carbocycles. The summed E-state index contributed by atoms with van der Waals surface area (Å²) in [5.41, 5.74) is -0.286. The van der Waals surface area contributed by atoms with Crippen LogP contribution in [-0.2, 0) is 16.7 Å². The van der Waals surface area contributed by atoms with Crippen molar-refractivity contribution in [2.75, 3.05) is 6.54 Å². The predicted octanol–water partition coefficient (Wildman–Crippen LogP) is 6.74. The molecule has 0 saturated heterocycles. The molecule has 38 heavy (non-hydrogen) atoms. The van der Waals surface area contributed by atoms with Crippen molar-refractivity contribution in [3.05, 3.63) is 94.5 Å². The van der Waals surface area contributed by atoms with Crippen LogP contribution in [0.25, 0.3) is 0 Å². The standard InChI is InChI=1S/C27H25ClF5N3O2/c1-2-6-21-16-35-25(37-21)36-26(14-17-7-4-3-5-8-17,23-10-9-19(28)15-34-23)18-11-20(29)13-22(12-18)38-27(32,33)24(30)31/h3-5,7-13,15,21,24H,2,6,14,16H2,1H3,(H,35,36)/t21-,26-/m0/s1. The summed E-state index contributed by atoms with van der Waals surface area (Å²) in [7, 11) is 0. The fraction of sp³-hybridized carbons (Fsp3) is 0.333. The fourth-order valence-electron chi connectivity index (χ4n) is 4.26. The lowest BCUT2D eigenvalue weighted by atomic mass is 9.80. The molecule has 2 heterocycles. The Hall–Kier alpha value is -3.40. The zero-order valence-electron chi connectivity index (χ0n) is 20.3. The number of pyridine rings is 1. The molecule has 0 fully saturated rings. The van der Waals surface area contributed by atoms with E-state index in [0.29, 0.717) is 23.3 Å². The Kier molecular flexibility index (Phi) is 8.40. The normalized spacial score (nSPS) is 17.1. The topological polar surface area (TPSA) is 55.7 Å². The Balaban J connectivity index is 1.88. The van der Waals surface area contributed by atoms with E-state index in [-0.39, 0.29) is 24.1 Å². The summed E-state index contributed by atoms with van der Waals surface area (Å²) in [5.74, 6) is -1.76. The fourth-order valence-corrected chi connectivity index (χ4v) is 4.37. The van der Waals surface area contributed by atoms with Crippen molar-refractivity contribution >= 4 is 17.6 Å². The van der Waals surface area contributed by atoms with Crippen molar-refractivity contribution in [1.82, 2.24) is 10.3 Å². The zero-order chi connectivity index (χ0) is 27.3. The Morgan fingerprint density at radius 2 is 1.89 bits per heavy atom. The summed E-state index contributed by atoms with van der Waals surface area (Å²) < 4.78 is 78.4.